The third kappa shape index (κ3) is 3.15. The highest BCUT2D eigenvalue weighted by atomic mass is 35.5. The van der Waals surface area contributed by atoms with Crippen molar-refractivity contribution in [2.24, 2.45) is 0 Å². The molecule has 0 atom stereocenters. The number of hydrogen-bond donors (Lipinski definition) is 2. The second-order valence-corrected chi connectivity index (χ2v) is 4.28. The van der Waals surface area contributed by atoms with Crippen LogP contribution in [0.25, 0.3) is 10.1 Å². The van der Waals surface area contributed by atoms with Crippen molar-refractivity contribution in [3.8, 4) is 0 Å². The van der Waals surface area contributed by atoms with Gasteiger partial charge in [-0.25, -0.2) is 0 Å². The Kier molecular flexibility index (Phi) is 5.34. The molecule has 2 rings (SSSR count). The van der Waals surface area contributed by atoms with Crippen molar-refractivity contribution in [1.82, 2.24) is 10.3 Å². The number of halogens is 1. The van der Waals surface area contributed by atoms with Gasteiger partial charge in [0.1, 0.15) is 0 Å². The lowest BCUT2D eigenvalue weighted by molar-refractivity contribution is 0.0952. The number of hydrogen-bond acceptors (Lipinski definition) is 4. The van der Waals surface area contributed by atoms with E-state index in [2.05, 4.69) is 10.3 Å². The molecule has 2 N–H and O–H groups in total. The number of carbonyl (C=O) groups is 1. The molecule has 0 fully saturated rings. The zero-order valence-electron chi connectivity index (χ0n) is 9.05. The number of pyridine rings is 1. The standard InChI is InChI=1S/C11H12N2O2S.ClH/c14-4-1-3-13-11(15)9-7-12-6-8-2-5-16-10(8)9;/h2,5-7,14H,1,3-4H2,(H,13,15);1H. The van der Waals surface area contributed by atoms with Crippen molar-refractivity contribution in [2.45, 2.75) is 6.42 Å². The Hall–Kier alpha value is -1.17. The topological polar surface area (TPSA) is 62.2 Å². The first-order valence-corrected chi connectivity index (χ1v) is 5.91. The smallest absolute Gasteiger partial charge is 0.254 e. The summed E-state index contributed by atoms with van der Waals surface area (Å²) >= 11 is 1.53. The molecule has 0 aliphatic carbocycles. The molecule has 4 nitrogen and oxygen atoms in total. The molecule has 17 heavy (non-hydrogen) atoms. The maximum absolute atomic E-state index is 11.8. The fourth-order valence-corrected chi connectivity index (χ4v) is 2.31. The molecule has 0 aromatic carbocycles. The zero-order valence-corrected chi connectivity index (χ0v) is 10.7. The second-order valence-electron chi connectivity index (χ2n) is 3.36. The van der Waals surface area contributed by atoms with Crippen LogP contribution in [0.2, 0.25) is 0 Å². The molecular weight excluding hydrogens is 260 g/mol. The predicted octanol–water partition coefficient (Wildman–Crippen LogP) is 1.83. The van der Waals surface area contributed by atoms with Crippen LogP contribution in [-0.4, -0.2) is 29.1 Å². The Balaban J connectivity index is 0.00000144. The molecule has 0 bridgehead atoms. The fourth-order valence-electron chi connectivity index (χ4n) is 1.43. The third-order valence-corrected chi connectivity index (χ3v) is 3.19. The van der Waals surface area contributed by atoms with E-state index in [9.17, 15) is 4.79 Å². The highest BCUT2D eigenvalue weighted by Gasteiger charge is 2.10. The number of nitrogens with zero attached hydrogens (tertiary/aromatic N) is 1. The van der Waals surface area contributed by atoms with Crippen LogP contribution in [0.1, 0.15) is 16.8 Å². The first-order valence-electron chi connectivity index (χ1n) is 5.03. The van der Waals surface area contributed by atoms with Gasteiger partial charge < -0.3 is 10.4 Å². The fraction of sp³-hybridized carbons (Fsp3) is 0.273. The minimum absolute atomic E-state index is 0. The molecule has 0 saturated carbocycles. The van der Waals surface area contributed by atoms with Crippen LogP contribution in [0.4, 0.5) is 0 Å². The van der Waals surface area contributed by atoms with Crippen LogP contribution in [0, 0.1) is 0 Å². The SMILES string of the molecule is Cl.O=C(NCCCO)c1cncc2ccsc12. The minimum Gasteiger partial charge on any atom is -0.396 e. The summed E-state index contributed by atoms with van der Waals surface area (Å²) in [7, 11) is 0. The Morgan fingerprint density at radius 2 is 2.29 bits per heavy atom. The van der Waals surface area contributed by atoms with Crippen LogP contribution in [0.3, 0.4) is 0 Å². The maximum atomic E-state index is 11.8. The van der Waals surface area contributed by atoms with Crippen molar-refractivity contribution in [3.05, 3.63) is 29.4 Å². The zero-order chi connectivity index (χ0) is 11.4. The summed E-state index contributed by atoms with van der Waals surface area (Å²) < 4.78 is 0.955. The molecule has 0 saturated heterocycles. The summed E-state index contributed by atoms with van der Waals surface area (Å²) in [6.45, 7) is 0.568. The minimum atomic E-state index is -0.131. The van der Waals surface area contributed by atoms with Gasteiger partial charge >= 0.3 is 0 Å². The number of aliphatic hydroxyl groups excluding tert-OH is 1. The highest BCUT2D eigenvalue weighted by molar-refractivity contribution is 7.17. The van der Waals surface area contributed by atoms with Gasteiger partial charge in [0.05, 0.1) is 10.3 Å². The van der Waals surface area contributed by atoms with Gasteiger partial charge in [0, 0.05) is 30.9 Å². The van der Waals surface area contributed by atoms with Crippen molar-refractivity contribution < 1.29 is 9.90 Å². The molecule has 2 aromatic rings. The quantitative estimate of drug-likeness (QED) is 0.835. The van der Waals surface area contributed by atoms with Crippen molar-refractivity contribution >= 4 is 39.7 Å². The van der Waals surface area contributed by atoms with E-state index in [0.29, 0.717) is 18.5 Å². The van der Waals surface area contributed by atoms with E-state index in [1.54, 1.807) is 12.4 Å². The number of aromatic nitrogens is 1. The second kappa shape index (κ2) is 6.54. The number of carbonyl (C=O) groups excluding carboxylic acids is 1. The molecule has 0 aliphatic heterocycles. The summed E-state index contributed by atoms with van der Waals surface area (Å²) in [5, 5.41) is 14.3. The molecule has 0 spiro atoms. The molecule has 0 unspecified atom stereocenters. The van der Waals surface area contributed by atoms with Crippen LogP contribution < -0.4 is 5.32 Å². The number of amides is 1. The number of aliphatic hydroxyl groups is 1. The maximum Gasteiger partial charge on any atom is 0.254 e. The van der Waals surface area contributed by atoms with Crippen LogP contribution in [0.15, 0.2) is 23.8 Å². The number of nitrogens with one attached hydrogen (secondary N) is 1. The normalized spacial score (nSPS) is 9.94. The van der Waals surface area contributed by atoms with Gasteiger partial charge in [-0.15, -0.1) is 23.7 Å². The van der Waals surface area contributed by atoms with Crippen molar-refractivity contribution in [1.29, 1.82) is 0 Å². The van der Waals surface area contributed by atoms with Crippen molar-refractivity contribution in [2.75, 3.05) is 13.2 Å². The molecule has 0 radical (unpaired) electrons. The molecule has 2 aromatic heterocycles. The van der Waals surface area contributed by atoms with Gasteiger partial charge in [0.25, 0.3) is 5.91 Å². The summed E-state index contributed by atoms with van der Waals surface area (Å²) in [6, 6.07) is 1.94. The Labute approximate surface area is 109 Å². The molecule has 1 amide bonds. The van der Waals surface area contributed by atoms with Gasteiger partial charge in [-0.1, -0.05) is 0 Å². The first-order chi connectivity index (χ1) is 7.83. The van der Waals surface area contributed by atoms with Crippen LogP contribution >= 0.6 is 23.7 Å². The van der Waals surface area contributed by atoms with E-state index < -0.39 is 0 Å². The van der Waals surface area contributed by atoms with Gasteiger partial charge in [0.2, 0.25) is 0 Å². The largest absolute Gasteiger partial charge is 0.396 e. The Morgan fingerprint density at radius 3 is 3.06 bits per heavy atom. The summed E-state index contributed by atoms with van der Waals surface area (Å²) in [6.07, 6.45) is 3.89. The number of fused-ring (bicyclic) bond motifs is 1. The van der Waals surface area contributed by atoms with Gasteiger partial charge in [-0.2, -0.15) is 0 Å². The number of thiophene rings is 1. The monoisotopic (exact) mass is 272 g/mol. The van der Waals surface area contributed by atoms with Crippen LogP contribution in [-0.2, 0) is 0 Å². The molecule has 6 heteroatoms. The highest BCUT2D eigenvalue weighted by Crippen LogP contribution is 2.23. The van der Waals surface area contributed by atoms with Gasteiger partial charge in [0.15, 0.2) is 0 Å². The molecule has 2 heterocycles. The number of rotatable bonds is 4. The lowest BCUT2D eigenvalue weighted by Crippen LogP contribution is -2.25. The lowest BCUT2D eigenvalue weighted by Gasteiger charge is -2.04. The summed E-state index contributed by atoms with van der Waals surface area (Å²) in [4.78, 5) is 15.8. The average Bonchev–Trinajstić information content (AvgIpc) is 2.76. The lowest BCUT2D eigenvalue weighted by atomic mass is 10.2. The predicted molar refractivity (Wildman–Crippen MR) is 70.9 cm³/mol. The van der Waals surface area contributed by atoms with Crippen molar-refractivity contribution in [3.63, 3.8) is 0 Å². The molecule has 92 valence electrons. The Morgan fingerprint density at radius 1 is 1.47 bits per heavy atom. The van der Waals surface area contributed by atoms with E-state index in [0.717, 1.165) is 10.1 Å². The molecule has 0 aliphatic rings. The van der Waals surface area contributed by atoms with E-state index in [1.165, 1.54) is 11.3 Å². The summed E-state index contributed by atoms with van der Waals surface area (Å²) in [5.41, 5.74) is 0.602. The van der Waals surface area contributed by atoms with E-state index in [4.69, 9.17) is 5.11 Å². The van der Waals surface area contributed by atoms with E-state index in [-0.39, 0.29) is 24.9 Å². The summed E-state index contributed by atoms with van der Waals surface area (Å²) in [5.74, 6) is -0.131. The average molecular weight is 273 g/mol. The van der Waals surface area contributed by atoms with E-state index in [1.807, 2.05) is 11.4 Å². The van der Waals surface area contributed by atoms with Gasteiger partial charge in [-0.05, 0) is 17.9 Å². The Bertz CT molecular complexity index is 501. The first kappa shape index (κ1) is 13.9. The van der Waals surface area contributed by atoms with E-state index >= 15 is 0 Å². The molecular formula is C11H13ClN2O2S. The van der Waals surface area contributed by atoms with Gasteiger partial charge in [-0.3, -0.25) is 9.78 Å². The van der Waals surface area contributed by atoms with Crippen LogP contribution in [0.5, 0.6) is 0 Å². The third-order valence-electron chi connectivity index (χ3n) is 2.22.